The summed E-state index contributed by atoms with van der Waals surface area (Å²) >= 11 is 0. The summed E-state index contributed by atoms with van der Waals surface area (Å²) in [5, 5.41) is 5.29. The monoisotopic (exact) mass is 292 g/mol. The van der Waals surface area contributed by atoms with E-state index in [1.54, 1.807) is 20.8 Å². The first-order chi connectivity index (χ1) is 9.81. The fourth-order valence-corrected chi connectivity index (χ4v) is 1.79. The molecule has 116 valence electrons. The van der Waals surface area contributed by atoms with Gasteiger partial charge >= 0.3 is 12.0 Å². The van der Waals surface area contributed by atoms with Crippen molar-refractivity contribution >= 4 is 12.0 Å². The van der Waals surface area contributed by atoms with Crippen molar-refractivity contribution in [3.05, 3.63) is 35.9 Å². The van der Waals surface area contributed by atoms with Crippen LogP contribution in [0.1, 0.15) is 33.3 Å². The van der Waals surface area contributed by atoms with Crippen molar-refractivity contribution in [1.29, 1.82) is 0 Å². The number of carbonyl (C=O) groups excluding carboxylic acids is 2. The van der Waals surface area contributed by atoms with Crippen LogP contribution in [0.2, 0.25) is 0 Å². The Balaban J connectivity index is 2.78. The molecule has 5 heteroatoms. The number of nitrogens with one attached hydrogen (secondary N) is 2. The Labute approximate surface area is 126 Å². The van der Waals surface area contributed by atoms with Crippen LogP contribution in [-0.2, 0) is 16.0 Å². The van der Waals surface area contributed by atoms with Crippen molar-refractivity contribution < 1.29 is 14.3 Å². The van der Waals surface area contributed by atoms with E-state index in [2.05, 4.69) is 10.6 Å². The molecule has 0 aliphatic rings. The third-order valence-electron chi connectivity index (χ3n) is 2.62. The molecule has 1 aromatic carbocycles. The molecule has 1 unspecified atom stereocenters. The predicted octanol–water partition coefficient (Wildman–Crippen LogP) is 2.26. The van der Waals surface area contributed by atoms with E-state index in [0.29, 0.717) is 13.0 Å². The van der Waals surface area contributed by atoms with E-state index >= 15 is 0 Å². The van der Waals surface area contributed by atoms with Crippen LogP contribution in [0.15, 0.2) is 30.3 Å². The summed E-state index contributed by atoms with van der Waals surface area (Å²) in [5.41, 5.74) is 0.375. The Morgan fingerprint density at radius 3 is 2.33 bits per heavy atom. The molecule has 1 rings (SSSR count). The highest BCUT2D eigenvalue weighted by molar-refractivity contribution is 5.84. The van der Waals surface area contributed by atoms with Gasteiger partial charge in [0, 0.05) is 13.0 Å². The van der Waals surface area contributed by atoms with Crippen molar-refractivity contribution in [2.24, 2.45) is 0 Å². The molecule has 0 aliphatic heterocycles. The topological polar surface area (TPSA) is 67.4 Å². The van der Waals surface area contributed by atoms with Crippen molar-refractivity contribution in [3.63, 3.8) is 0 Å². The first-order valence-corrected chi connectivity index (χ1v) is 7.13. The molecule has 0 radical (unpaired) electrons. The van der Waals surface area contributed by atoms with E-state index in [9.17, 15) is 9.59 Å². The molecule has 0 spiro atoms. The van der Waals surface area contributed by atoms with E-state index in [1.807, 2.05) is 37.3 Å². The molecule has 0 saturated carbocycles. The van der Waals surface area contributed by atoms with Gasteiger partial charge in [0.1, 0.15) is 11.6 Å². The summed E-state index contributed by atoms with van der Waals surface area (Å²) in [7, 11) is 0. The third kappa shape index (κ3) is 6.79. The second kappa shape index (κ2) is 7.67. The molecule has 21 heavy (non-hydrogen) atoms. The molecule has 1 aromatic rings. The van der Waals surface area contributed by atoms with Crippen LogP contribution < -0.4 is 10.6 Å². The van der Waals surface area contributed by atoms with Crippen LogP contribution in [0.3, 0.4) is 0 Å². The van der Waals surface area contributed by atoms with E-state index < -0.39 is 17.6 Å². The summed E-state index contributed by atoms with van der Waals surface area (Å²) < 4.78 is 5.37. The van der Waals surface area contributed by atoms with Crippen LogP contribution in [0.25, 0.3) is 0 Å². The molecule has 2 amide bonds. The number of urea groups is 1. The zero-order valence-electron chi connectivity index (χ0n) is 13.1. The minimum Gasteiger partial charge on any atom is -0.458 e. The zero-order chi connectivity index (χ0) is 15.9. The van der Waals surface area contributed by atoms with Gasteiger partial charge in [0.05, 0.1) is 0 Å². The van der Waals surface area contributed by atoms with E-state index in [1.165, 1.54) is 0 Å². The fraction of sp³-hybridized carbons (Fsp3) is 0.500. The smallest absolute Gasteiger partial charge is 0.329 e. The quantitative estimate of drug-likeness (QED) is 0.818. The first-order valence-electron chi connectivity index (χ1n) is 7.13. The van der Waals surface area contributed by atoms with Crippen LogP contribution in [0, 0.1) is 0 Å². The second-order valence-corrected chi connectivity index (χ2v) is 5.78. The Hall–Kier alpha value is -2.04. The van der Waals surface area contributed by atoms with Crippen molar-refractivity contribution in [1.82, 2.24) is 10.6 Å². The summed E-state index contributed by atoms with van der Waals surface area (Å²) in [6.07, 6.45) is 0.396. The maximum absolute atomic E-state index is 12.2. The van der Waals surface area contributed by atoms with Crippen molar-refractivity contribution in [2.45, 2.75) is 45.8 Å². The number of esters is 1. The maximum atomic E-state index is 12.2. The van der Waals surface area contributed by atoms with E-state index in [-0.39, 0.29) is 6.03 Å². The molecule has 0 bridgehead atoms. The lowest BCUT2D eigenvalue weighted by Crippen LogP contribution is -2.49. The van der Waals surface area contributed by atoms with Gasteiger partial charge in [0.15, 0.2) is 0 Å². The van der Waals surface area contributed by atoms with Gasteiger partial charge < -0.3 is 15.4 Å². The highest BCUT2D eigenvalue weighted by atomic mass is 16.6. The number of amides is 2. The van der Waals surface area contributed by atoms with Gasteiger partial charge in [-0.2, -0.15) is 0 Å². The summed E-state index contributed by atoms with van der Waals surface area (Å²) in [6, 6.07) is 8.44. The number of hydrogen-bond acceptors (Lipinski definition) is 3. The maximum Gasteiger partial charge on any atom is 0.329 e. The zero-order valence-corrected chi connectivity index (χ0v) is 13.1. The highest BCUT2D eigenvalue weighted by Gasteiger charge is 2.26. The number of ether oxygens (including phenoxy) is 1. The molecule has 0 heterocycles. The highest BCUT2D eigenvalue weighted by Crippen LogP contribution is 2.11. The van der Waals surface area contributed by atoms with Gasteiger partial charge in [-0.1, -0.05) is 30.3 Å². The normalized spacial score (nSPS) is 12.4. The van der Waals surface area contributed by atoms with Crippen LogP contribution in [0.4, 0.5) is 4.79 Å². The minimum atomic E-state index is -0.710. The Morgan fingerprint density at radius 2 is 1.81 bits per heavy atom. The molecule has 0 aromatic heterocycles. The number of benzene rings is 1. The molecule has 0 aliphatic carbocycles. The van der Waals surface area contributed by atoms with Gasteiger partial charge in [-0.25, -0.2) is 9.59 Å². The average Bonchev–Trinajstić information content (AvgIpc) is 2.37. The largest absolute Gasteiger partial charge is 0.458 e. The SMILES string of the molecule is CCNC(=O)NC(Cc1ccccc1)C(=O)OC(C)(C)C. The lowest BCUT2D eigenvalue weighted by atomic mass is 10.1. The van der Waals surface area contributed by atoms with Crippen LogP contribution in [-0.4, -0.2) is 30.2 Å². The number of carbonyl (C=O) groups is 2. The number of hydrogen-bond donors (Lipinski definition) is 2. The van der Waals surface area contributed by atoms with E-state index in [0.717, 1.165) is 5.56 Å². The molecular formula is C16H24N2O3. The summed E-state index contributed by atoms with van der Waals surface area (Å²) in [6.45, 7) is 7.72. The first kappa shape index (κ1) is 17.0. The van der Waals surface area contributed by atoms with E-state index in [4.69, 9.17) is 4.74 Å². The van der Waals surface area contributed by atoms with Crippen molar-refractivity contribution in [2.75, 3.05) is 6.54 Å². The van der Waals surface area contributed by atoms with Gasteiger partial charge in [-0.15, -0.1) is 0 Å². The van der Waals surface area contributed by atoms with Crippen LogP contribution >= 0.6 is 0 Å². The van der Waals surface area contributed by atoms with Crippen LogP contribution in [0.5, 0.6) is 0 Å². The summed E-state index contributed by atoms with van der Waals surface area (Å²) in [5.74, 6) is -0.433. The summed E-state index contributed by atoms with van der Waals surface area (Å²) in [4.78, 5) is 23.9. The Kier molecular flexibility index (Phi) is 6.21. The standard InChI is InChI=1S/C16H24N2O3/c1-5-17-15(20)18-13(14(19)21-16(2,3)4)11-12-9-7-6-8-10-12/h6-10,13H,5,11H2,1-4H3,(H2,17,18,20). The Morgan fingerprint density at radius 1 is 1.19 bits per heavy atom. The van der Waals surface area contributed by atoms with Gasteiger partial charge in [0.2, 0.25) is 0 Å². The fourth-order valence-electron chi connectivity index (χ4n) is 1.79. The molecule has 5 nitrogen and oxygen atoms in total. The molecular weight excluding hydrogens is 268 g/mol. The van der Waals surface area contributed by atoms with Gasteiger partial charge in [-0.05, 0) is 33.3 Å². The Bertz CT molecular complexity index is 466. The third-order valence-corrected chi connectivity index (χ3v) is 2.62. The minimum absolute atomic E-state index is 0.371. The second-order valence-electron chi connectivity index (χ2n) is 5.78. The molecule has 2 N–H and O–H groups in total. The number of rotatable bonds is 5. The lowest BCUT2D eigenvalue weighted by Gasteiger charge is -2.24. The molecule has 0 saturated heterocycles. The van der Waals surface area contributed by atoms with Gasteiger partial charge in [0.25, 0.3) is 0 Å². The average molecular weight is 292 g/mol. The van der Waals surface area contributed by atoms with Gasteiger partial charge in [-0.3, -0.25) is 0 Å². The van der Waals surface area contributed by atoms with Crippen molar-refractivity contribution in [3.8, 4) is 0 Å². The molecule has 0 fully saturated rings. The predicted molar refractivity (Wildman–Crippen MR) is 82.0 cm³/mol. The molecule has 1 atom stereocenters. The lowest BCUT2D eigenvalue weighted by molar-refractivity contribution is -0.157.